The van der Waals surface area contributed by atoms with Crippen molar-refractivity contribution in [2.24, 2.45) is 5.92 Å². The molecule has 1 unspecified atom stereocenters. The highest BCUT2D eigenvalue weighted by Crippen LogP contribution is 2.22. The fourth-order valence-corrected chi connectivity index (χ4v) is 1.40. The van der Waals surface area contributed by atoms with Crippen LogP contribution in [0.15, 0.2) is 18.2 Å². The first-order valence-corrected chi connectivity index (χ1v) is 6.01. The van der Waals surface area contributed by atoms with Gasteiger partial charge >= 0.3 is 0 Å². The average molecular weight is 251 g/mol. The zero-order valence-electron chi connectivity index (χ0n) is 11.6. The maximum Gasteiger partial charge on any atom is 0.251 e. The van der Waals surface area contributed by atoms with Crippen LogP contribution >= 0.6 is 0 Å². The minimum absolute atomic E-state index is 0.117. The minimum atomic E-state index is -0.117. The van der Waals surface area contributed by atoms with E-state index < -0.39 is 0 Å². The Bertz CT molecular complexity index is 393. The lowest BCUT2D eigenvalue weighted by Gasteiger charge is -2.18. The van der Waals surface area contributed by atoms with Crippen molar-refractivity contribution >= 4 is 5.91 Å². The summed E-state index contributed by atoms with van der Waals surface area (Å²) in [5.74, 6) is 1.49. The van der Waals surface area contributed by atoms with Crippen molar-refractivity contribution in [1.82, 2.24) is 5.32 Å². The first kappa shape index (κ1) is 14.4. The number of hydrogen-bond acceptors (Lipinski definition) is 3. The van der Waals surface area contributed by atoms with E-state index in [4.69, 9.17) is 9.47 Å². The van der Waals surface area contributed by atoms with Gasteiger partial charge in [0.05, 0.1) is 14.2 Å². The van der Waals surface area contributed by atoms with E-state index in [0.717, 1.165) is 0 Å². The van der Waals surface area contributed by atoms with Gasteiger partial charge in [0.25, 0.3) is 5.91 Å². The minimum Gasteiger partial charge on any atom is -0.497 e. The Morgan fingerprint density at radius 2 is 1.56 bits per heavy atom. The molecule has 4 heteroatoms. The normalized spacial score (nSPS) is 12.1. The molecule has 0 spiro atoms. The van der Waals surface area contributed by atoms with Gasteiger partial charge in [0.15, 0.2) is 0 Å². The van der Waals surface area contributed by atoms with E-state index >= 15 is 0 Å². The Kier molecular flexibility index (Phi) is 5.01. The van der Waals surface area contributed by atoms with E-state index in [1.54, 1.807) is 32.4 Å². The Hall–Kier alpha value is -1.71. The predicted octanol–water partition coefficient (Wildman–Crippen LogP) is 2.48. The third-order valence-corrected chi connectivity index (χ3v) is 2.97. The van der Waals surface area contributed by atoms with Gasteiger partial charge in [-0.1, -0.05) is 13.8 Å². The zero-order valence-corrected chi connectivity index (χ0v) is 11.6. The molecule has 0 radical (unpaired) electrons. The van der Waals surface area contributed by atoms with Gasteiger partial charge in [-0.2, -0.15) is 0 Å². The van der Waals surface area contributed by atoms with Gasteiger partial charge in [-0.3, -0.25) is 4.79 Å². The molecule has 100 valence electrons. The van der Waals surface area contributed by atoms with Gasteiger partial charge in [-0.15, -0.1) is 0 Å². The second-order valence-corrected chi connectivity index (χ2v) is 4.61. The van der Waals surface area contributed by atoms with Crippen molar-refractivity contribution in [3.05, 3.63) is 23.8 Å². The van der Waals surface area contributed by atoms with Crippen LogP contribution in [0.5, 0.6) is 11.5 Å². The molecule has 0 aliphatic carbocycles. The van der Waals surface area contributed by atoms with Crippen LogP contribution < -0.4 is 14.8 Å². The molecule has 0 heterocycles. The largest absolute Gasteiger partial charge is 0.497 e. The second-order valence-electron chi connectivity index (χ2n) is 4.61. The maximum atomic E-state index is 12.1. The molecule has 1 amide bonds. The molecule has 4 nitrogen and oxygen atoms in total. The summed E-state index contributed by atoms with van der Waals surface area (Å²) >= 11 is 0. The number of benzene rings is 1. The molecule has 18 heavy (non-hydrogen) atoms. The molecule has 0 saturated carbocycles. The summed E-state index contributed by atoms with van der Waals surface area (Å²) in [5.41, 5.74) is 0.540. The van der Waals surface area contributed by atoms with E-state index in [-0.39, 0.29) is 11.9 Å². The number of carbonyl (C=O) groups is 1. The lowest BCUT2D eigenvalue weighted by atomic mass is 10.1. The highest BCUT2D eigenvalue weighted by atomic mass is 16.5. The summed E-state index contributed by atoms with van der Waals surface area (Å²) < 4.78 is 10.3. The van der Waals surface area contributed by atoms with E-state index in [2.05, 4.69) is 19.2 Å². The Morgan fingerprint density at radius 3 is 1.94 bits per heavy atom. The van der Waals surface area contributed by atoms with Gasteiger partial charge in [-0.25, -0.2) is 0 Å². The number of rotatable bonds is 5. The van der Waals surface area contributed by atoms with Crippen LogP contribution in [-0.4, -0.2) is 26.2 Å². The smallest absolute Gasteiger partial charge is 0.251 e. The molecule has 1 atom stereocenters. The highest BCUT2D eigenvalue weighted by Gasteiger charge is 2.14. The molecule has 1 aromatic rings. The Morgan fingerprint density at radius 1 is 1.06 bits per heavy atom. The quantitative estimate of drug-likeness (QED) is 0.874. The van der Waals surface area contributed by atoms with Crippen molar-refractivity contribution in [2.45, 2.75) is 26.8 Å². The van der Waals surface area contributed by atoms with Crippen LogP contribution in [-0.2, 0) is 0 Å². The molecule has 1 rings (SSSR count). The van der Waals surface area contributed by atoms with Crippen LogP contribution in [0.4, 0.5) is 0 Å². The topological polar surface area (TPSA) is 47.6 Å². The Labute approximate surface area is 108 Å². The SMILES string of the molecule is COc1cc(OC)cc(C(=O)NC(C)C(C)C)c1. The summed E-state index contributed by atoms with van der Waals surface area (Å²) in [5, 5.41) is 2.95. The van der Waals surface area contributed by atoms with Crippen molar-refractivity contribution in [3.8, 4) is 11.5 Å². The van der Waals surface area contributed by atoms with E-state index in [1.807, 2.05) is 6.92 Å². The maximum absolute atomic E-state index is 12.1. The standard InChI is InChI=1S/C14H21NO3/c1-9(2)10(3)15-14(16)11-6-12(17-4)8-13(7-11)18-5/h6-10H,1-5H3,(H,15,16). The first-order chi connectivity index (χ1) is 8.47. The first-order valence-electron chi connectivity index (χ1n) is 6.01. The van der Waals surface area contributed by atoms with Crippen LogP contribution in [0.2, 0.25) is 0 Å². The number of nitrogens with one attached hydrogen (secondary N) is 1. The third-order valence-electron chi connectivity index (χ3n) is 2.97. The van der Waals surface area contributed by atoms with E-state index in [1.165, 1.54) is 0 Å². The summed E-state index contributed by atoms with van der Waals surface area (Å²) in [6.45, 7) is 6.12. The molecule has 1 N–H and O–H groups in total. The summed E-state index contributed by atoms with van der Waals surface area (Å²) in [6.07, 6.45) is 0. The lowest BCUT2D eigenvalue weighted by Crippen LogP contribution is -2.36. The van der Waals surface area contributed by atoms with Gasteiger partial charge < -0.3 is 14.8 Å². The number of amides is 1. The van der Waals surface area contributed by atoms with Crippen LogP contribution in [0.25, 0.3) is 0 Å². The summed E-state index contributed by atoms with van der Waals surface area (Å²) in [4.78, 5) is 12.1. The highest BCUT2D eigenvalue weighted by molar-refractivity contribution is 5.95. The van der Waals surface area contributed by atoms with Gasteiger partial charge in [0.2, 0.25) is 0 Å². The molecular formula is C14H21NO3. The second kappa shape index (κ2) is 6.28. The van der Waals surface area contributed by atoms with Gasteiger partial charge in [0, 0.05) is 17.7 Å². The Balaban J connectivity index is 2.91. The van der Waals surface area contributed by atoms with Crippen LogP contribution in [0, 0.1) is 5.92 Å². The number of carbonyl (C=O) groups excluding carboxylic acids is 1. The average Bonchev–Trinajstić information content (AvgIpc) is 2.37. The third kappa shape index (κ3) is 3.65. The molecule has 0 bridgehead atoms. The summed E-state index contributed by atoms with van der Waals surface area (Å²) in [7, 11) is 3.13. The van der Waals surface area contributed by atoms with Crippen molar-refractivity contribution in [3.63, 3.8) is 0 Å². The fraction of sp³-hybridized carbons (Fsp3) is 0.500. The zero-order chi connectivity index (χ0) is 13.7. The monoisotopic (exact) mass is 251 g/mol. The van der Waals surface area contributed by atoms with E-state index in [0.29, 0.717) is 23.0 Å². The molecule has 0 aliphatic rings. The lowest BCUT2D eigenvalue weighted by molar-refractivity contribution is 0.0930. The van der Waals surface area contributed by atoms with Crippen molar-refractivity contribution in [2.75, 3.05) is 14.2 Å². The van der Waals surface area contributed by atoms with Crippen molar-refractivity contribution < 1.29 is 14.3 Å². The molecule has 0 fully saturated rings. The van der Waals surface area contributed by atoms with E-state index in [9.17, 15) is 4.79 Å². The molecule has 0 saturated heterocycles. The van der Waals surface area contributed by atoms with Crippen LogP contribution in [0.3, 0.4) is 0 Å². The molecular weight excluding hydrogens is 230 g/mol. The molecule has 1 aromatic carbocycles. The van der Waals surface area contributed by atoms with Crippen molar-refractivity contribution in [1.29, 1.82) is 0 Å². The number of hydrogen-bond donors (Lipinski definition) is 1. The van der Waals surface area contributed by atoms with Gasteiger partial charge in [-0.05, 0) is 25.0 Å². The van der Waals surface area contributed by atoms with Gasteiger partial charge in [0.1, 0.15) is 11.5 Å². The summed E-state index contributed by atoms with van der Waals surface area (Å²) in [6, 6.07) is 5.26. The number of methoxy groups -OCH3 is 2. The molecule has 0 aromatic heterocycles. The molecule has 0 aliphatic heterocycles. The number of ether oxygens (including phenoxy) is 2. The van der Waals surface area contributed by atoms with Crippen LogP contribution in [0.1, 0.15) is 31.1 Å². The fourth-order valence-electron chi connectivity index (χ4n) is 1.40. The predicted molar refractivity (Wildman–Crippen MR) is 71.3 cm³/mol.